The Morgan fingerprint density at radius 2 is 1.82 bits per heavy atom. The van der Waals surface area contributed by atoms with Gasteiger partial charge < -0.3 is 10.2 Å². The number of hydrogen-bond donors (Lipinski definition) is 1. The van der Waals surface area contributed by atoms with Crippen molar-refractivity contribution in [2.24, 2.45) is 0 Å². The van der Waals surface area contributed by atoms with E-state index in [9.17, 15) is 4.79 Å². The van der Waals surface area contributed by atoms with Crippen LogP contribution in [-0.4, -0.2) is 38.0 Å². The summed E-state index contributed by atoms with van der Waals surface area (Å²) < 4.78 is 0. The fraction of sp³-hybridized carbons (Fsp3) is 0.643. The quantitative estimate of drug-likeness (QED) is 0.545. The van der Waals surface area contributed by atoms with Crippen LogP contribution in [0.25, 0.3) is 0 Å². The van der Waals surface area contributed by atoms with E-state index in [1.165, 1.54) is 5.57 Å². The molecule has 0 aromatic carbocycles. The summed E-state index contributed by atoms with van der Waals surface area (Å²) in [5.74, 6) is 0.0505. The van der Waals surface area contributed by atoms with Crippen LogP contribution in [0.5, 0.6) is 0 Å². The van der Waals surface area contributed by atoms with Crippen molar-refractivity contribution in [1.29, 1.82) is 0 Å². The standard InChI is InChI=1S/C14H26N2O/c1-6-12(3)8-9-13(7-2)14(17)15-10-11-16(4)5/h8-9H,6-7,10-11H2,1-5H3,(H,15,17)/b12-8+,13-9+. The number of nitrogens with one attached hydrogen (secondary N) is 1. The largest absolute Gasteiger partial charge is 0.351 e. The SMILES string of the molecule is CC/C(C)=C/C=C(\CC)C(=O)NCCN(C)C. The summed E-state index contributed by atoms with van der Waals surface area (Å²) in [6, 6.07) is 0. The molecule has 1 N–H and O–H groups in total. The van der Waals surface area contributed by atoms with Crippen LogP contribution in [0.2, 0.25) is 0 Å². The Hall–Kier alpha value is -1.09. The molecule has 0 aromatic heterocycles. The molecule has 98 valence electrons. The highest BCUT2D eigenvalue weighted by atomic mass is 16.1. The first kappa shape index (κ1) is 15.9. The molecule has 0 heterocycles. The predicted molar refractivity (Wildman–Crippen MR) is 74.0 cm³/mol. The maximum absolute atomic E-state index is 11.8. The summed E-state index contributed by atoms with van der Waals surface area (Å²) in [6.07, 6.45) is 5.76. The van der Waals surface area contributed by atoms with Crippen LogP contribution in [0.4, 0.5) is 0 Å². The minimum absolute atomic E-state index is 0.0505. The second kappa shape index (κ2) is 8.99. The Balaban J connectivity index is 4.31. The molecule has 0 rings (SSSR count). The summed E-state index contributed by atoms with van der Waals surface area (Å²) in [5, 5.41) is 2.93. The number of carbonyl (C=O) groups excluding carboxylic acids is 1. The first-order chi connectivity index (χ1) is 8.01. The third-order valence-electron chi connectivity index (χ3n) is 2.64. The van der Waals surface area contributed by atoms with Crippen molar-refractivity contribution in [3.8, 4) is 0 Å². The van der Waals surface area contributed by atoms with Crippen molar-refractivity contribution in [1.82, 2.24) is 10.2 Å². The topological polar surface area (TPSA) is 32.3 Å². The van der Waals surface area contributed by atoms with Gasteiger partial charge in [-0.2, -0.15) is 0 Å². The molecule has 0 fully saturated rings. The monoisotopic (exact) mass is 238 g/mol. The van der Waals surface area contributed by atoms with Gasteiger partial charge in [0.15, 0.2) is 0 Å². The van der Waals surface area contributed by atoms with E-state index in [1.807, 2.05) is 33.2 Å². The van der Waals surface area contributed by atoms with Crippen LogP contribution in [-0.2, 0) is 4.79 Å². The zero-order valence-electron chi connectivity index (χ0n) is 11.8. The van der Waals surface area contributed by atoms with Gasteiger partial charge in [-0.25, -0.2) is 0 Å². The highest BCUT2D eigenvalue weighted by Gasteiger charge is 2.05. The van der Waals surface area contributed by atoms with Crippen LogP contribution in [0.15, 0.2) is 23.3 Å². The Morgan fingerprint density at radius 3 is 2.29 bits per heavy atom. The summed E-state index contributed by atoms with van der Waals surface area (Å²) in [5.41, 5.74) is 2.13. The molecule has 3 heteroatoms. The molecule has 0 spiro atoms. The van der Waals surface area contributed by atoms with Gasteiger partial charge in [0.25, 0.3) is 0 Å². The zero-order chi connectivity index (χ0) is 13.3. The maximum Gasteiger partial charge on any atom is 0.247 e. The van der Waals surface area contributed by atoms with Gasteiger partial charge in [-0.1, -0.05) is 31.6 Å². The van der Waals surface area contributed by atoms with Gasteiger partial charge in [0, 0.05) is 18.7 Å². The highest BCUT2D eigenvalue weighted by Crippen LogP contribution is 2.04. The summed E-state index contributed by atoms with van der Waals surface area (Å²) in [4.78, 5) is 13.9. The van der Waals surface area contributed by atoms with Gasteiger partial charge in [0.1, 0.15) is 0 Å². The molecule has 0 unspecified atom stereocenters. The van der Waals surface area contributed by atoms with E-state index >= 15 is 0 Å². The summed E-state index contributed by atoms with van der Waals surface area (Å²) in [6.45, 7) is 7.76. The van der Waals surface area contributed by atoms with Crippen molar-refractivity contribution in [2.75, 3.05) is 27.2 Å². The first-order valence-electron chi connectivity index (χ1n) is 6.30. The van der Waals surface area contributed by atoms with Gasteiger partial charge in [-0.15, -0.1) is 0 Å². The molecule has 0 aliphatic carbocycles. The molecule has 17 heavy (non-hydrogen) atoms. The molecular weight excluding hydrogens is 212 g/mol. The number of carbonyl (C=O) groups is 1. The Morgan fingerprint density at radius 1 is 1.18 bits per heavy atom. The minimum Gasteiger partial charge on any atom is -0.351 e. The lowest BCUT2D eigenvalue weighted by Crippen LogP contribution is -2.32. The maximum atomic E-state index is 11.8. The normalized spacial score (nSPS) is 13.1. The molecule has 0 atom stereocenters. The van der Waals surface area contributed by atoms with E-state index in [0.717, 1.165) is 25.0 Å². The Bertz CT molecular complexity index is 291. The predicted octanol–water partition coefficient (Wildman–Crippen LogP) is 2.36. The molecule has 0 aliphatic heterocycles. The van der Waals surface area contributed by atoms with Crippen LogP contribution >= 0.6 is 0 Å². The fourth-order valence-corrected chi connectivity index (χ4v) is 1.22. The molecule has 0 aromatic rings. The number of allylic oxidation sites excluding steroid dienone is 3. The third kappa shape index (κ3) is 7.75. The molecule has 1 amide bonds. The van der Waals surface area contributed by atoms with Crippen molar-refractivity contribution in [3.63, 3.8) is 0 Å². The molecule has 0 bridgehead atoms. The van der Waals surface area contributed by atoms with Crippen molar-refractivity contribution in [3.05, 3.63) is 23.3 Å². The van der Waals surface area contributed by atoms with E-state index in [-0.39, 0.29) is 5.91 Å². The van der Waals surface area contributed by atoms with E-state index in [4.69, 9.17) is 0 Å². The Kier molecular flexibility index (Phi) is 8.42. The number of likely N-dealkylation sites (N-methyl/N-ethyl adjacent to an activating group) is 1. The average molecular weight is 238 g/mol. The lowest BCUT2D eigenvalue weighted by Gasteiger charge is -2.11. The average Bonchev–Trinajstić information content (AvgIpc) is 2.28. The van der Waals surface area contributed by atoms with E-state index in [2.05, 4.69) is 24.1 Å². The second-order valence-electron chi connectivity index (χ2n) is 4.47. The third-order valence-corrected chi connectivity index (χ3v) is 2.64. The van der Waals surface area contributed by atoms with Crippen molar-refractivity contribution < 1.29 is 4.79 Å². The molecule has 0 radical (unpaired) electrons. The van der Waals surface area contributed by atoms with Gasteiger partial charge in [0.05, 0.1) is 0 Å². The summed E-state index contributed by atoms with van der Waals surface area (Å²) >= 11 is 0. The zero-order valence-corrected chi connectivity index (χ0v) is 11.8. The van der Waals surface area contributed by atoms with Gasteiger partial charge in [0.2, 0.25) is 5.91 Å². The van der Waals surface area contributed by atoms with Gasteiger partial charge in [-0.3, -0.25) is 4.79 Å². The van der Waals surface area contributed by atoms with Crippen LogP contribution in [0, 0.1) is 0 Å². The highest BCUT2D eigenvalue weighted by molar-refractivity contribution is 5.93. The first-order valence-corrected chi connectivity index (χ1v) is 6.30. The van der Waals surface area contributed by atoms with Crippen molar-refractivity contribution in [2.45, 2.75) is 33.6 Å². The number of rotatable bonds is 7. The van der Waals surface area contributed by atoms with Crippen LogP contribution in [0.3, 0.4) is 0 Å². The number of nitrogens with zero attached hydrogens (tertiary/aromatic N) is 1. The number of amides is 1. The van der Waals surface area contributed by atoms with Gasteiger partial charge >= 0.3 is 0 Å². The fourth-order valence-electron chi connectivity index (χ4n) is 1.22. The summed E-state index contributed by atoms with van der Waals surface area (Å²) in [7, 11) is 3.99. The van der Waals surface area contributed by atoms with E-state index in [0.29, 0.717) is 6.54 Å². The smallest absolute Gasteiger partial charge is 0.247 e. The lowest BCUT2D eigenvalue weighted by atomic mass is 10.1. The molecule has 0 aliphatic rings. The van der Waals surface area contributed by atoms with Gasteiger partial charge in [-0.05, 0) is 33.9 Å². The molecule has 3 nitrogen and oxygen atoms in total. The minimum atomic E-state index is 0.0505. The van der Waals surface area contributed by atoms with Crippen molar-refractivity contribution >= 4 is 5.91 Å². The molecular formula is C14H26N2O. The van der Waals surface area contributed by atoms with E-state index < -0.39 is 0 Å². The molecule has 0 saturated heterocycles. The van der Waals surface area contributed by atoms with Crippen LogP contribution in [0.1, 0.15) is 33.6 Å². The lowest BCUT2D eigenvalue weighted by molar-refractivity contribution is -0.117. The number of hydrogen-bond acceptors (Lipinski definition) is 2. The Labute approximate surface area is 106 Å². The van der Waals surface area contributed by atoms with Crippen LogP contribution < -0.4 is 5.32 Å². The molecule has 0 saturated carbocycles. The van der Waals surface area contributed by atoms with E-state index in [1.54, 1.807) is 0 Å². The second-order valence-corrected chi connectivity index (χ2v) is 4.47.